The molecule has 2 N–H and O–H groups in total. The van der Waals surface area contributed by atoms with E-state index in [9.17, 15) is 14.4 Å². The van der Waals surface area contributed by atoms with Gasteiger partial charge >= 0.3 is 5.97 Å². The maximum atomic E-state index is 11.8. The van der Waals surface area contributed by atoms with E-state index in [-0.39, 0.29) is 31.3 Å². The van der Waals surface area contributed by atoms with E-state index >= 15 is 0 Å². The Morgan fingerprint density at radius 1 is 1.24 bits per heavy atom. The molecule has 1 aromatic rings. The minimum Gasteiger partial charge on any atom is -0.481 e. The molecule has 114 valence electrons. The summed E-state index contributed by atoms with van der Waals surface area (Å²) >= 11 is 0. The third kappa shape index (κ3) is 6.07. The molecule has 0 fully saturated rings. The SMILES string of the molecule is CC(CN(C)C(=O)CNC(=O)Cc1ccccc1)C(=O)O. The van der Waals surface area contributed by atoms with Crippen LogP contribution in [0.5, 0.6) is 0 Å². The molecule has 0 spiro atoms. The first kappa shape index (κ1) is 16.7. The fraction of sp³-hybridized carbons (Fsp3) is 0.400. The lowest BCUT2D eigenvalue weighted by Gasteiger charge is -2.19. The van der Waals surface area contributed by atoms with Crippen LogP contribution in [-0.4, -0.2) is 47.9 Å². The van der Waals surface area contributed by atoms with Crippen molar-refractivity contribution in [1.29, 1.82) is 0 Å². The van der Waals surface area contributed by atoms with Gasteiger partial charge in [-0.15, -0.1) is 0 Å². The van der Waals surface area contributed by atoms with E-state index < -0.39 is 11.9 Å². The summed E-state index contributed by atoms with van der Waals surface area (Å²) < 4.78 is 0. The summed E-state index contributed by atoms with van der Waals surface area (Å²) in [6, 6.07) is 9.22. The number of carbonyl (C=O) groups is 3. The summed E-state index contributed by atoms with van der Waals surface area (Å²) in [5.41, 5.74) is 0.871. The standard InChI is InChI=1S/C15H20N2O4/c1-11(15(20)21)10-17(2)14(19)9-16-13(18)8-12-6-4-3-5-7-12/h3-7,11H,8-10H2,1-2H3,(H,16,18)(H,20,21). The summed E-state index contributed by atoms with van der Waals surface area (Å²) in [7, 11) is 1.52. The van der Waals surface area contributed by atoms with Crippen LogP contribution >= 0.6 is 0 Å². The highest BCUT2D eigenvalue weighted by atomic mass is 16.4. The van der Waals surface area contributed by atoms with E-state index in [0.717, 1.165) is 5.56 Å². The van der Waals surface area contributed by atoms with Crippen LogP contribution in [0, 0.1) is 5.92 Å². The largest absolute Gasteiger partial charge is 0.481 e. The molecule has 6 heteroatoms. The average Bonchev–Trinajstić information content (AvgIpc) is 2.45. The minimum atomic E-state index is -0.956. The molecule has 0 saturated carbocycles. The maximum Gasteiger partial charge on any atom is 0.308 e. The van der Waals surface area contributed by atoms with Crippen molar-refractivity contribution in [2.45, 2.75) is 13.3 Å². The van der Waals surface area contributed by atoms with Gasteiger partial charge in [0.1, 0.15) is 0 Å². The molecule has 0 bridgehead atoms. The number of carbonyl (C=O) groups excluding carboxylic acids is 2. The molecule has 0 aliphatic carbocycles. The molecule has 0 aliphatic rings. The number of nitrogens with zero attached hydrogens (tertiary/aromatic N) is 1. The van der Waals surface area contributed by atoms with E-state index in [1.165, 1.54) is 18.9 Å². The smallest absolute Gasteiger partial charge is 0.308 e. The van der Waals surface area contributed by atoms with Crippen molar-refractivity contribution in [3.05, 3.63) is 35.9 Å². The molecule has 21 heavy (non-hydrogen) atoms. The van der Waals surface area contributed by atoms with Gasteiger partial charge in [0, 0.05) is 13.6 Å². The first-order valence-corrected chi connectivity index (χ1v) is 6.67. The second-order valence-corrected chi connectivity index (χ2v) is 4.95. The highest BCUT2D eigenvalue weighted by Crippen LogP contribution is 2.00. The lowest BCUT2D eigenvalue weighted by atomic mass is 10.1. The quantitative estimate of drug-likeness (QED) is 0.767. The first-order chi connectivity index (χ1) is 9.90. The summed E-state index contributed by atoms with van der Waals surface area (Å²) in [4.78, 5) is 35.5. The Kier molecular flexibility index (Phi) is 6.39. The monoisotopic (exact) mass is 292 g/mol. The number of likely N-dealkylation sites (N-methyl/N-ethyl adjacent to an activating group) is 1. The minimum absolute atomic E-state index is 0.114. The molecule has 0 heterocycles. The van der Waals surface area contributed by atoms with Crippen molar-refractivity contribution in [3.8, 4) is 0 Å². The number of nitrogens with one attached hydrogen (secondary N) is 1. The van der Waals surface area contributed by atoms with Gasteiger partial charge in [-0.1, -0.05) is 37.3 Å². The Morgan fingerprint density at radius 3 is 2.43 bits per heavy atom. The Morgan fingerprint density at radius 2 is 1.86 bits per heavy atom. The molecule has 1 rings (SSSR count). The number of carboxylic acid groups (broad SMARTS) is 1. The number of amides is 2. The molecule has 0 radical (unpaired) electrons. The first-order valence-electron chi connectivity index (χ1n) is 6.67. The van der Waals surface area contributed by atoms with Crippen molar-refractivity contribution < 1.29 is 19.5 Å². The number of hydrogen-bond acceptors (Lipinski definition) is 3. The van der Waals surface area contributed by atoms with Crippen LogP contribution in [0.3, 0.4) is 0 Å². The molecular formula is C15H20N2O4. The van der Waals surface area contributed by atoms with Crippen LogP contribution in [0.25, 0.3) is 0 Å². The lowest BCUT2D eigenvalue weighted by molar-refractivity contribution is -0.142. The van der Waals surface area contributed by atoms with E-state index in [4.69, 9.17) is 5.11 Å². The van der Waals surface area contributed by atoms with Gasteiger partial charge in [0.2, 0.25) is 11.8 Å². The molecule has 1 atom stereocenters. The highest BCUT2D eigenvalue weighted by molar-refractivity contribution is 5.85. The van der Waals surface area contributed by atoms with Crippen LogP contribution in [0.15, 0.2) is 30.3 Å². The summed E-state index contributed by atoms with van der Waals surface area (Å²) in [6.45, 7) is 1.51. The normalized spacial score (nSPS) is 11.5. The summed E-state index contributed by atoms with van der Waals surface area (Å²) in [6.07, 6.45) is 0.212. The molecule has 1 unspecified atom stereocenters. The second-order valence-electron chi connectivity index (χ2n) is 4.95. The van der Waals surface area contributed by atoms with Crippen molar-refractivity contribution >= 4 is 17.8 Å². The number of aliphatic carboxylic acids is 1. The lowest BCUT2D eigenvalue weighted by Crippen LogP contribution is -2.41. The van der Waals surface area contributed by atoms with Crippen LogP contribution in [-0.2, 0) is 20.8 Å². The predicted molar refractivity (Wildman–Crippen MR) is 77.6 cm³/mol. The van der Waals surface area contributed by atoms with Crippen LogP contribution < -0.4 is 5.32 Å². The third-order valence-corrected chi connectivity index (χ3v) is 3.04. The van der Waals surface area contributed by atoms with Gasteiger partial charge in [-0.25, -0.2) is 0 Å². The van der Waals surface area contributed by atoms with E-state index in [1.807, 2.05) is 30.3 Å². The number of benzene rings is 1. The molecule has 2 amide bonds. The van der Waals surface area contributed by atoms with Gasteiger partial charge in [-0.2, -0.15) is 0 Å². The molecule has 0 aromatic heterocycles. The third-order valence-electron chi connectivity index (χ3n) is 3.04. The summed E-state index contributed by atoms with van der Waals surface area (Å²) in [5.74, 6) is -2.15. The topological polar surface area (TPSA) is 86.7 Å². The number of carboxylic acids is 1. The van der Waals surface area contributed by atoms with E-state index in [0.29, 0.717) is 0 Å². The van der Waals surface area contributed by atoms with Gasteiger partial charge in [0.15, 0.2) is 0 Å². The molecule has 6 nitrogen and oxygen atoms in total. The fourth-order valence-corrected chi connectivity index (χ4v) is 1.74. The molecule has 1 aromatic carbocycles. The zero-order valence-electron chi connectivity index (χ0n) is 12.2. The van der Waals surface area contributed by atoms with E-state index in [2.05, 4.69) is 5.32 Å². The fourth-order valence-electron chi connectivity index (χ4n) is 1.74. The maximum absolute atomic E-state index is 11.8. The van der Waals surface area contributed by atoms with Gasteiger partial charge < -0.3 is 15.3 Å². The van der Waals surface area contributed by atoms with Gasteiger partial charge in [0.25, 0.3) is 0 Å². The average molecular weight is 292 g/mol. The molecule has 0 saturated heterocycles. The second kappa shape index (κ2) is 8.04. The zero-order chi connectivity index (χ0) is 15.8. The van der Waals surface area contributed by atoms with Gasteiger partial charge in [-0.3, -0.25) is 14.4 Å². The van der Waals surface area contributed by atoms with Gasteiger partial charge in [-0.05, 0) is 5.56 Å². The van der Waals surface area contributed by atoms with Crippen LogP contribution in [0.1, 0.15) is 12.5 Å². The van der Waals surface area contributed by atoms with Crippen molar-refractivity contribution in [2.75, 3.05) is 20.1 Å². The Balaban J connectivity index is 2.35. The number of hydrogen-bond donors (Lipinski definition) is 2. The Labute approximate surface area is 123 Å². The predicted octanol–water partition coefficient (Wildman–Crippen LogP) is 0.524. The molecular weight excluding hydrogens is 272 g/mol. The summed E-state index contributed by atoms with van der Waals surface area (Å²) in [5, 5.41) is 11.3. The van der Waals surface area contributed by atoms with E-state index in [1.54, 1.807) is 0 Å². The van der Waals surface area contributed by atoms with Crippen molar-refractivity contribution in [3.63, 3.8) is 0 Å². The molecule has 0 aliphatic heterocycles. The van der Waals surface area contributed by atoms with Crippen molar-refractivity contribution in [1.82, 2.24) is 10.2 Å². The van der Waals surface area contributed by atoms with Crippen molar-refractivity contribution in [2.24, 2.45) is 5.92 Å². The number of rotatable bonds is 7. The zero-order valence-corrected chi connectivity index (χ0v) is 12.2. The highest BCUT2D eigenvalue weighted by Gasteiger charge is 2.17. The Hall–Kier alpha value is -2.37. The Bertz CT molecular complexity index is 502. The van der Waals surface area contributed by atoms with Crippen LogP contribution in [0.4, 0.5) is 0 Å². The van der Waals surface area contributed by atoms with Crippen LogP contribution in [0.2, 0.25) is 0 Å². The van der Waals surface area contributed by atoms with Gasteiger partial charge in [0.05, 0.1) is 18.9 Å².